The van der Waals surface area contributed by atoms with Gasteiger partial charge in [0.05, 0.1) is 6.20 Å². The highest BCUT2D eigenvalue weighted by Gasteiger charge is 2.11. The van der Waals surface area contributed by atoms with Crippen molar-refractivity contribution in [3.8, 4) is 5.69 Å². The Morgan fingerprint density at radius 3 is 2.76 bits per heavy atom. The van der Waals surface area contributed by atoms with Crippen molar-refractivity contribution in [3.63, 3.8) is 0 Å². The fourth-order valence-corrected chi connectivity index (χ4v) is 1.74. The van der Waals surface area contributed by atoms with Crippen LogP contribution < -0.4 is 5.73 Å². The van der Waals surface area contributed by atoms with Crippen LogP contribution in [0.4, 0.5) is 8.78 Å². The first-order valence-corrected chi connectivity index (χ1v) is 5.32. The molecule has 0 aliphatic heterocycles. The Balaban J connectivity index is 2.46. The molecule has 1 aromatic heterocycles. The standard InChI is InChI=1S/C12H13F2N3/c1-8-9(4-5-15)7-16-17(8)12-3-2-10(13)6-11(12)14/h2-3,6-7H,4-5,15H2,1H3. The van der Waals surface area contributed by atoms with Gasteiger partial charge in [-0.25, -0.2) is 13.5 Å². The minimum Gasteiger partial charge on any atom is -0.330 e. The van der Waals surface area contributed by atoms with E-state index < -0.39 is 11.6 Å². The molecule has 2 aromatic rings. The number of nitrogens with two attached hydrogens (primary N) is 1. The third-order valence-electron chi connectivity index (χ3n) is 2.66. The largest absolute Gasteiger partial charge is 0.330 e. The van der Waals surface area contributed by atoms with Gasteiger partial charge in [0.1, 0.15) is 11.5 Å². The van der Waals surface area contributed by atoms with Crippen molar-refractivity contribution in [2.24, 2.45) is 5.73 Å². The third kappa shape index (κ3) is 2.19. The third-order valence-corrected chi connectivity index (χ3v) is 2.66. The molecule has 0 saturated heterocycles. The van der Waals surface area contributed by atoms with Crippen molar-refractivity contribution in [1.29, 1.82) is 0 Å². The predicted molar refractivity (Wildman–Crippen MR) is 61.0 cm³/mol. The van der Waals surface area contributed by atoms with Gasteiger partial charge in [-0.05, 0) is 37.6 Å². The van der Waals surface area contributed by atoms with Crippen molar-refractivity contribution in [1.82, 2.24) is 9.78 Å². The Bertz CT molecular complexity index is 535. The van der Waals surface area contributed by atoms with E-state index in [2.05, 4.69) is 5.10 Å². The quantitative estimate of drug-likeness (QED) is 0.886. The average molecular weight is 237 g/mol. The van der Waals surface area contributed by atoms with Crippen molar-refractivity contribution < 1.29 is 8.78 Å². The van der Waals surface area contributed by atoms with E-state index in [-0.39, 0.29) is 5.69 Å². The minimum atomic E-state index is -0.629. The molecular weight excluding hydrogens is 224 g/mol. The fourth-order valence-electron chi connectivity index (χ4n) is 1.74. The van der Waals surface area contributed by atoms with Gasteiger partial charge in [-0.2, -0.15) is 5.10 Å². The summed E-state index contributed by atoms with van der Waals surface area (Å²) in [6, 6.07) is 3.43. The summed E-state index contributed by atoms with van der Waals surface area (Å²) >= 11 is 0. The van der Waals surface area contributed by atoms with Crippen LogP contribution in [-0.4, -0.2) is 16.3 Å². The smallest absolute Gasteiger partial charge is 0.151 e. The number of nitrogens with zero attached hydrogens (tertiary/aromatic N) is 2. The number of benzene rings is 1. The van der Waals surface area contributed by atoms with Crippen molar-refractivity contribution in [2.75, 3.05) is 6.54 Å². The molecule has 0 bridgehead atoms. The lowest BCUT2D eigenvalue weighted by Gasteiger charge is -2.06. The molecule has 0 unspecified atom stereocenters. The summed E-state index contributed by atoms with van der Waals surface area (Å²) in [4.78, 5) is 0. The Morgan fingerprint density at radius 2 is 2.12 bits per heavy atom. The number of hydrogen-bond donors (Lipinski definition) is 1. The summed E-state index contributed by atoms with van der Waals surface area (Å²) in [5.74, 6) is -1.23. The molecular formula is C12H13F2N3. The highest BCUT2D eigenvalue weighted by molar-refractivity contribution is 5.36. The van der Waals surface area contributed by atoms with Crippen molar-refractivity contribution in [2.45, 2.75) is 13.3 Å². The molecule has 0 saturated carbocycles. The van der Waals surface area contributed by atoms with Gasteiger partial charge in [-0.1, -0.05) is 0 Å². The van der Waals surface area contributed by atoms with E-state index in [1.807, 2.05) is 6.92 Å². The molecule has 0 aliphatic carbocycles. The topological polar surface area (TPSA) is 43.8 Å². The fraction of sp³-hybridized carbons (Fsp3) is 0.250. The summed E-state index contributed by atoms with van der Waals surface area (Å²) in [6.45, 7) is 2.35. The van der Waals surface area contributed by atoms with Crippen molar-refractivity contribution >= 4 is 0 Å². The zero-order valence-electron chi connectivity index (χ0n) is 9.45. The summed E-state index contributed by atoms with van der Waals surface area (Å²) in [6.07, 6.45) is 2.35. The molecule has 17 heavy (non-hydrogen) atoms. The van der Waals surface area contributed by atoms with E-state index in [9.17, 15) is 8.78 Å². The minimum absolute atomic E-state index is 0.243. The van der Waals surface area contributed by atoms with Gasteiger partial charge in [0.25, 0.3) is 0 Å². The summed E-state index contributed by atoms with van der Waals surface area (Å²) in [5.41, 5.74) is 7.50. The monoisotopic (exact) mass is 237 g/mol. The summed E-state index contributed by atoms with van der Waals surface area (Å²) in [7, 11) is 0. The zero-order chi connectivity index (χ0) is 12.4. The number of hydrogen-bond acceptors (Lipinski definition) is 2. The molecule has 1 aromatic carbocycles. The zero-order valence-corrected chi connectivity index (χ0v) is 9.45. The van der Waals surface area contributed by atoms with Gasteiger partial charge in [0, 0.05) is 11.8 Å². The van der Waals surface area contributed by atoms with Crippen LogP contribution in [0.3, 0.4) is 0 Å². The van der Waals surface area contributed by atoms with Crippen molar-refractivity contribution in [3.05, 3.63) is 47.3 Å². The van der Waals surface area contributed by atoms with Crippen LogP contribution in [0.2, 0.25) is 0 Å². The molecule has 90 valence electrons. The van der Waals surface area contributed by atoms with Crippen LogP contribution in [0.1, 0.15) is 11.3 Å². The van der Waals surface area contributed by atoms with Crippen LogP contribution in [0.15, 0.2) is 24.4 Å². The maximum Gasteiger partial charge on any atom is 0.151 e. The first-order chi connectivity index (χ1) is 8.13. The van der Waals surface area contributed by atoms with Crippen LogP contribution in [0.25, 0.3) is 5.69 Å². The predicted octanol–water partition coefficient (Wildman–Crippen LogP) is 1.96. The average Bonchev–Trinajstić information content (AvgIpc) is 2.62. The Morgan fingerprint density at radius 1 is 1.35 bits per heavy atom. The lowest BCUT2D eigenvalue weighted by atomic mass is 10.2. The van der Waals surface area contributed by atoms with E-state index in [0.717, 1.165) is 17.3 Å². The van der Waals surface area contributed by atoms with Crippen LogP contribution in [0.5, 0.6) is 0 Å². The molecule has 0 aliphatic rings. The number of aromatic nitrogens is 2. The first kappa shape index (κ1) is 11.7. The Hall–Kier alpha value is -1.75. The summed E-state index contributed by atoms with van der Waals surface area (Å²) < 4.78 is 27.8. The van der Waals surface area contributed by atoms with Gasteiger partial charge in [-0.15, -0.1) is 0 Å². The van der Waals surface area contributed by atoms with Gasteiger partial charge in [0.15, 0.2) is 5.82 Å². The van der Waals surface area contributed by atoms with Gasteiger partial charge < -0.3 is 5.73 Å². The van der Waals surface area contributed by atoms with Gasteiger partial charge >= 0.3 is 0 Å². The van der Waals surface area contributed by atoms with Gasteiger partial charge in [0.2, 0.25) is 0 Å². The maximum atomic E-state index is 13.6. The molecule has 0 atom stereocenters. The Labute approximate surface area is 97.9 Å². The molecule has 0 spiro atoms. The second-order valence-corrected chi connectivity index (χ2v) is 3.80. The van der Waals surface area contributed by atoms with Crippen LogP contribution in [0, 0.1) is 18.6 Å². The normalized spacial score (nSPS) is 10.8. The SMILES string of the molecule is Cc1c(CCN)cnn1-c1ccc(F)cc1F. The molecule has 0 fully saturated rings. The van der Waals surface area contributed by atoms with E-state index in [0.29, 0.717) is 13.0 Å². The molecule has 5 heteroatoms. The highest BCUT2D eigenvalue weighted by atomic mass is 19.1. The molecule has 3 nitrogen and oxygen atoms in total. The number of rotatable bonds is 3. The first-order valence-electron chi connectivity index (χ1n) is 5.32. The van der Waals surface area contributed by atoms with Crippen LogP contribution in [-0.2, 0) is 6.42 Å². The molecule has 0 radical (unpaired) electrons. The molecule has 0 amide bonds. The highest BCUT2D eigenvalue weighted by Crippen LogP contribution is 2.18. The van der Waals surface area contributed by atoms with E-state index >= 15 is 0 Å². The lowest BCUT2D eigenvalue weighted by Crippen LogP contribution is -2.05. The molecule has 1 heterocycles. The molecule has 2 rings (SSSR count). The number of halogens is 2. The van der Waals surface area contributed by atoms with E-state index in [1.165, 1.54) is 16.8 Å². The maximum absolute atomic E-state index is 13.6. The second kappa shape index (κ2) is 4.63. The van der Waals surface area contributed by atoms with Gasteiger partial charge in [-0.3, -0.25) is 0 Å². The van der Waals surface area contributed by atoms with E-state index in [1.54, 1.807) is 6.20 Å². The Kier molecular flexibility index (Phi) is 3.19. The van der Waals surface area contributed by atoms with Crippen LogP contribution >= 0.6 is 0 Å². The molecule has 2 N–H and O–H groups in total. The second-order valence-electron chi connectivity index (χ2n) is 3.80. The summed E-state index contributed by atoms with van der Waals surface area (Å²) in [5, 5.41) is 4.09. The lowest BCUT2D eigenvalue weighted by molar-refractivity contribution is 0.572. The van der Waals surface area contributed by atoms with E-state index in [4.69, 9.17) is 5.73 Å².